The molecule has 0 fully saturated rings. The zero-order chi connectivity index (χ0) is 25.4. The lowest BCUT2D eigenvalue weighted by Gasteiger charge is -2.21. The van der Waals surface area contributed by atoms with Gasteiger partial charge in [0.15, 0.2) is 0 Å². The van der Waals surface area contributed by atoms with Gasteiger partial charge in [0, 0.05) is 37.5 Å². The molecule has 0 radical (unpaired) electrons. The molecular weight excluding hydrogens is 462 g/mol. The second kappa shape index (κ2) is 11.6. The van der Waals surface area contributed by atoms with E-state index in [4.69, 9.17) is 0 Å². The van der Waals surface area contributed by atoms with Gasteiger partial charge in [0.05, 0.1) is 10.6 Å². The van der Waals surface area contributed by atoms with E-state index < -0.39 is 15.9 Å². The highest BCUT2D eigenvalue weighted by molar-refractivity contribution is 7.89. The number of likely N-dealkylation sites (N-methyl/N-ethyl adjacent to an activating group) is 1. The molecule has 0 unspecified atom stereocenters. The fourth-order valence-corrected chi connectivity index (χ4v) is 5.34. The summed E-state index contributed by atoms with van der Waals surface area (Å²) >= 11 is 0. The summed E-state index contributed by atoms with van der Waals surface area (Å²) in [6, 6.07) is 17.9. The van der Waals surface area contributed by atoms with Crippen LogP contribution >= 0.6 is 0 Å². The Hall–Kier alpha value is -3.74. The summed E-state index contributed by atoms with van der Waals surface area (Å²) in [4.78, 5) is 12.3. The number of nitrogens with zero attached hydrogens (tertiary/aromatic N) is 4. The van der Waals surface area contributed by atoms with Crippen molar-refractivity contribution in [3.8, 4) is 23.0 Å². The van der Waals surface area contributed by atoms with Gasteiger partial charge >= 0.3 is 0 Å². The van der Waals surface area contributed by atoms with Gasteiger partial charge in [0.1, 0.15) is 17.3 Å². The van der Waals surface area contributed by atoms with Crippen LogP contribution in [0.4, 0.5) is 0 Å². The fourth-order valence-electron chi connectivity index (χ4n) is 3.67. The molecule has 0 aliphatic carbocycles. The molecule has 8 nitrogen and oxygen atoms in total. The quantitative estimate of drug-likeness (QED) is 0.341. The monoisotopic (exact) mass is 491 g/mol. The zero-order valence-electron chi connectivity index (χ0n) is 20.1. The third kappa shape index (κ3) is 5.85. The summed E-state index contributed by atoms with van der Waals surface area (Å²) < 4.78 is 29.8. The van der Waals surface area contributed by atoms with Crippen LogP contribution < -0.4 is 5.32 Å². The van der Waals surface area contributed by atoms with Crippen LogP contribution in [-0.4, -0.2) is 48.5 Å². The molecule has 1 N–H and O–H groups in total. The second-order valence-electron chi connectivity index (χ2n) is 7.89. The van der Waals surface area contributed by atoms with Crippen molar-refractivity contribution in [1.82, 2.24) is 19.4 Å². The second-order valence-corrected chi connectivity index (χ2v) is 9.83. The maximum Gasteiger partial charge on any atom is 0.261 e. The Morgan fingerprint density at radius 1 is 1.11 bits per heavy atom. The first-order valence-electron chi connectivity index (χ1n) is 11.4. The molecule has 3 rings (SSSR count). The molecule has 1 amide bonds. The van der Waals surface area contributed by atoms with E-state index in [2.05, 4.69) is 10.4 Å². The van der Waals surface area contributed by atoms with Crippen molar-refractivity contribution in [1.29, 1.82) is 5.26 Å². The Labute approximate surface area is 206 Å². The average Bonchev–Trinajstić information content (AvgIpc) is 3.31. The molecule has 35 heavy (non-hydrogen) atoms. The molecule has 0 bridgehead atoms. The Morgan fingerprint density at radius 3 is 2.40 bits per heavy atom. The van der Waals surface area contributed by atoms with Crippen molar-refractivity contribution in [2.24, 2.45) is 0 Å². The van der Waals surface area contributed by atoms with Crippen molar-refractivity contribution < 1.29 is 13.2 Å². The maximum atomic E-state index is 13.4. The maximum absolute atomic E-state index is 13.4. The third-order valence-electron chi connectivity index (χ3n) is 5.35. The minimum absolute atomic E-state index is 0.0813. The summed E-state index contributed by atoms with van der Waals surface area (Å²) in [5.74, 6) is -0.517. The van der Waals surface area contributed by atoms with E-state index in [9.17, 15) is 18.5 Å². The van der Waals surface area contributed by atoms with Crippen LogP contribution in [0.15, 0.2) is 71.3 Å². The number of nitriles is 1. The van der Waals surface area contributed by atoms with Crippen LogP contribution in [0.2, 0.25) is 0 Å². The van der Waals surface area contributed by atoms with E-state index in [0.29, 0.717) is 42.8 Å². The largest absolute Gasteiger partial charge is 0.354 e. The van der Waals surface area contributed by atoms with Gasteiger partial charge in [-0.05, 0) is 43.2 Å². The predicted octanol–water partition coefficient (Wildman–Crippen LogP) is 4.00. The number of sulfonamides is 1. The number of rotatable bonds is 10. The van der Waals surface area contributed by atoms with E-state index in [1.807, 2.05) is 50.2 Å². The van der Waals surface area contributed by atoms with Gasteiger partial charge in [-0.15, -0.1) is 0 Å². The van der Waals surface area contributed by atoms with Gasteiger partial charge in [0.25, 0.3) is 5.91 Å². The number of nitrogens with one attached hydrogen (secondary N) is 1. The van der Waals surface area contributed by atoms with Gasteiger partial charge in [-0.25, -0.2) is 13.1 Å². The Bertz CT molecular complexity index is 1350. The third-order valence-corrected chi connectivity index (χ3v) is 7.24. The van der Waals surface area contributed by atoms with Crippen molar-refractivity contribution >= 4 is 22.0 Å². The topological polar surface area (TPSA) is 108 Å². The predicted molar refractivity (Wildman–Crippen MR) is 136 cm³/mol. The zero-order valence-corrected chi connectivity index (χ0v) is 20.9. The van der Waals surface area contributed by atoms with Crippen molar-refractivity contribution in [3.05, 3.63) is 71.9 Å². The van der Waals surface area contributed by atoms with Gasteiger partial charge in [0.2, 0.25) is 10.0 Å². The van der Waals surface area contributed by atoms with E-state index >= 15 is 0 Å². The molecular formula is C26H29N5O3S. The van der Waals surface area contributed by atoms with E-state index in [0.717, 1.165) is 5.69 Å². The number of hydrogen-bond donors (Lipinski definition) is 1. The molecule has 0 atom stereocenters. The van der Waals surface area contributed by atoms with Crippen LogP contribution in [-0.2, 0) is 14.8 Å². The van der Waals surface area contributed by atoms with Gasteiger partial charge < -0.3 is 5.32 Å². The van der Waals surface area contributed by atoms with Crippen LogP contribution in [0.25, 0.3) is 23.0 Å². The van der Waals surface area contributed by atoms with Crippen molar-refractivity contribution in [3.63, 3.8) is 0 Å². The minimum atomic E-state index is -3.69. The highest BCUT2D eigenvalue weighted by Crippen LogP contribution is 2.29. The fraction of sp³-hybridized carbons (Fsp3) is 0.269. The summed E-state index contributed by atoms with van der Waals surface area (Å²) in [5, 5.41) is 16.6. The van der Waals surface area contributed by atoms with Crippen LogP contribution in [0.1, 0.15) is 32.3 Å². The summed E-state index contributed by atoms with van der Waals surface area (Å²) in [7, 11) is -2.24. The summed E-state index contributed by atoms with van der Waals surface area (Å²) in [6.45, 7) is 4.77. The highest BCUT2D eigenvalue weighted by atomic mass is 32.2. The Balaban J connectivity index is 2.17. The van der Waals surface area contributed by atoms with Crippen molar-refractivity contribution in [2.75, 3.05) is 20.1 Å². The number of carbonyl (C=O) groups excluding carboxylic acids is 1. The lowest BCUT2D eigenvalue weighted by atomic mass is 10.1. The summed E-state index contributed by atoms with van der Waals surface area (Å²) in [5.41, 5.74) is 2.24. The molecule has 0 saturated heterocycles. The lowest BCUT2D eigenvalue weighted by molar-refractivity contribution is -0.116. The SMILES string of the molecule is CCCN(CCC)S(=O)(=O)c1cccc(-c2nn(-c3ccccc3)cc2C=C(C#N)C(=O)NC)c1. The van der Waals surface area contributed by atoms with E-state index in [1.165, 1.54) is 17.4 Å². The number of carbonyl (C=O) groups is 1. The van der Waals surface area contributed by atoms with Crippen LogP contribution in [0.3, 0.4) is 0 Å². The average molecular weight is 492 g/mol. The Kier molecular flexibility index (Phi) is 8.58. The molecule has 3 aromatic rings. The molecule has 0 saturated carbocycles. The van der Waals surface area contributed by atoms with E-state index in [-0.39, 0.29) is 10.5 Å². The molecule has 9 heteroatoms. The molecule has 1 aromatic heterocycles. The molecule has 1 heterocycles. The molecule has 0 spiro atoms. The van der Waals surface area contributed by atoms with Crippen LogP contribution in [0.5, 0.6) is 0 Å². The molecule has 0 aliphatic rings. The van der Waals surface area contributed by atoms with Gasteiger partial charge in [-0.1, -0.05) is 44.2 Å². The lowest BCUT2D eigenvalue weighted by Crippen LogP contribution is -2.32. The van der Waals surface area contributed by atoms with Gasteiger partial charge in [-0.2, -0.15) is 14.7 Å². The first-order chi connectivity index (χ1) is 16.8. The number of amides is 1. The number of para-hydroxylation sites is 1. The molecule has 0 aliphatic heterocycles. The van der Waals surface area contributed by atoms with Crippen LogP contribution in [0, 0.1) is 11.3 Å². The standard InChI is InChI=1S/C26H29N5O3S/c1-4-14-30(15-5-2)35(33,34)24-13-9-10-20(17-24)25-22(16-21(18-27)26(32)28-3)19-31(29-25)23-11-7-6-8-12-23/h6-13,16-17,19H,4-5,14-15H2,1-3H3,(H,28,32). The first kappa shape index (κ1) is 25.9. The number of benzene rings is 2. The molecule has 2 aromatic carbocycles. The summed E-state index contributed by atoms with van der Waals surface area (Å²) in [6.07, 6.45) is 4.60. The smallest absolute Gasteiger partial charge is 0.261 e. The highest BCUT2D eigenvalue weighted by Gasteiger charge is 2.24. The van der Waals surface area contributed by atoms with Gasteiger partial charge in [-0.3, -0.25) is 4.79 Å². The molecule has 182 valence electrons. The Morgan fingerprint density at radius 2 is 1.80 bits per heavy atom. The number of aromatic nitrogens is 2. The minimum Gasteiger partial charge on any atom is -0.354 e. The number of hydrogen-bond acceptors (Lipinski definition) is 5. The normalized spacial score (nSPS) is 11.9. The van der Waals surface area contributed by atoms with E-state index in [1.54, 1.807) is 35.1 Å². The first-order valence-corrected chi connectivity index (χ1v) is 12.9. The van der Waals surface area contributed by atoms with Crippen molar-refractivity contribution in [2.45, 2.75) is 31.6 Å².